The van der Waals surface area contributed by atoms with E-state index < -0.39 is 5.97 Å². The number of carboxylic acid groups (broad SMARTS) is 1. The molecule has 0 spiro atoms. The number of nitrogens with zero attached hydrogens (tertiary/aromatic N) is 1. The highest BCUT2D eigenvalue weighted by Crippen LogP contribution is 2.14. The van der Waals surface area contributed by atoms with Crippen molar-refractivity contribution in [2.45, 2.75) is 13.8 Å². The number of nitrogens with one attached hydrogen (secondary N) is 1. The second-order valence-electron chi connectivity index (χ2n) is 5.92. The molecular formula is C20H26I2N2O3. The zero-order valence-electron chi connectivity index (χ0n) is 16.4. The van der Waals surface area contributed by atoms with Gasteiger partial charge in [-0.1, -0.05) is 12.1 Å². The van der Waals surface area contributed by atoms with Crippen LogP contribution in [0, 0.1) is 21.0 Å². The summed E-state index contributed by atoms with van der Waals surface area (Å²) in [4.78, 5) is 23.8. The fourth-order valence-corrected chi connectivity index (χ4v) is 2.87. The normalized spacial score (nSPS) is 9.33. The van der Waals surface area contributed by atoms with Crippen molar-refractivity contribution in [2.75, 3.05) is 28.2 Å². The molecule has 0 bridgehead atoms. The standard InChI is InChI=1S/C10H12INO.C8H7IO2.C2H7N/c1-7-4-5-8(11)6-9(7)10(13)12(2)3;1-5-2-3-6(9)4-7(5)8(10)11;1-3-2/h4-6H,1-3H3;2-4H,1H3,(H,10,11);3H,1-2H3. The zero-order chi connectivity index (χ0) is 21.1. The van der Waals surface area contributed by atoms with Crippen molar-refractivity contribution in [3.8, 4) is 0 Å². The smallest absolute Gasteiger partial charge is 0.335 e. The maximum atomic E-state index is 11.6. The second-order valence-corrected chi connectivity index (χ2v) is 8.41. The molecule has 0 aliphatic rings. The molecule has 5 nitrogen and oxygen atoms in total. The molecule has 1 amide bonds. The first-order valence-corrected chi connectivity index (χ1v) is 10.3. The van der Waals surface area contributed by atoms with Gasteiger partial charge in [0, 0.05) is 26.8 Å². The summed E-state index contributed by atoms with van der Waals surface area (Å²) >= 11 is 4.30. The van der Waals surface area contributed by atoms with E-state index in [4.69, 9.17) is 5.11 Å². The lowest BCUT2D eigenvalue weighted by Crippen LogP contribution is -2.22. The van der Waals surface area contributed by atoms with Gasteiger partial charge in [-0.15, -0.1) is 0 Å². The van der Waals surface area contributed by atoms with E-state index in [1.807, 2.05) is 51.4 Å². The minimum absolute atomic E-state index is 0.0658. The lowest BCUT2D eigenvalue weighted by Gasteiger charge is -2.12. The Morgan fingerprint density at radius 1 is 0.889 bits per heavy atom. The molecule has 0 aliphatic heterocycles. The highest BCUT2D eigenvalue weighted by atomic mass is 127. The number of aromatic carboxylic acids is 1. The van der Waals surface area contributed by atoms with Crippen molar-refractivity contribution in [3.63, 3.8) is 0 Å². The van der Waals surface area contributed by atoms with Crippen molar-refractivity contribution >= 4 is 57.1 Å². The number of halogens is 2. The molecule has 0 aromatic heterocycles. The molecule has 2 aromatic carbocycles. The fourth-order valence-electron chi connectivity index (χ4n) is 1.89. The van der Waals surface area contributed by atoms with Crippen LogP contribution in [0.15, 0.2) is 36.4 Å². The van der Waals surface area contributed by atoms with E-state index in [-0.39, 0.29) is 5.91 Å². The number of hydrogen-bond acceptors (Lipinski definition) is 3. The molecule has 2 N–H and O–H groups in total. The topological polar surface area (TPSA) is 69.6 Å². The van der Waals surface area contributed by atoms with Crippen LogP contribution in [0.5, 0.6) is 0 Å². The average molecular weight is 596 g/mol. The van der Waals surface area contributed by atoms with Gasteiger partial charge in [-0.3, -0.25) is 4.79 Å². The largest absolute Gasteiger partial charge is 0.478 e. The van der Waals surface area contributed by atoms with E-state index in [1.54, 1.807) is 32.0 Å². The minimum atomic E-state index is -0.860. The number of amides is 1. The molecule has 0 fully saturated rings. The number of rotatable bonds is 2. The summed E-state index contributed by atoms with van der Waals surface area (Å²) in [6, 6.07) is 11.3. The van der Waals surface area contributed by atoms with Crippen LogP contribution in [0.3, 0.4) is 0 Å². The predicted molar refractivity (Wildman–Crippen MR) is 128 cm³/mol. The SMILES string of the molecule is CNC.Cc1ccc(I)cc1C(=O)N(C)C.Cc1ccc(I)cc1C(=O)O. The Bertz CT molecular complexity index is 778. The van der Waals surface area contributed by atoms with E-state index in [9.17, 15) is 9.59 Å². The molecule has 0 heterocycles. The van der Waals surface area contributed by atoms with Crippen molar-refractivity contribution in [1.82, 2.24) is 10.2 Å². The molecular weight excluding hydrogens is 570 g/mol. The summed E-state index contributed by atoms with van der Waals surface area (Å²) < 4.78 is 2.04. The lowest BCUT2D eigenvalue weighted by molar-refractivity contribution is 0.0695. The first-order valence-electron chi connectivity index (χ1n) is 8.10. The van der Waals surface area contributed by atoms with Crippen LogP contribution >= 0.6 is 45.2 Å². The van der Waals surface area contributed by atoms with Crippen LogP contribution in [0.2, 0.25) is 0 Å². The Morgan fingerprint density at radius 2 is 1.26 bits per heavy atom. The van der Waals surface area contributed by atoms with Gasteiger partial charge in [-0.2, -0.15) is 0 Å². The number of hydrogen-bond donors (Lipinski definition) is 2. The van der Waals surface area contributed by atoms with E-state index in [0.29, 0.717) is 5.56 Å². The Hall–Kier alpha value is -1.20. The Kier molecular flexibility index (Phi) is 12.5. The van der Waals surface area contributed by atoms with Gasteiger partial charge in [0.1, 0.15) is 0 Å². The Morgan fingerprint density at radius 3 is 1.59 bits per heavy atom. The summed E-state index contributed by atoms with van der Waals surface area (Å²) in [5.74, 6) is -0.794. The van der Waals surface area contributed by atoms with Gasteiger partial charge in [0.25, 0.3) is 5.91 Å². The van der Waals surface area contributed by atoms with Gasteiger partial charge in [0.05, 0.1) is 5.56 Å². The summed E-state index contributed by atoms with van der Waals surface area (Å²) in [6.07, 6.45) is 0. The maximum Gasteiger partial charge on any atom is 0.335 e. The highest BCUT2D eigenvalue weighted by Gasteiger charge is 2.10. The first kappa shape index (κ1) is 25.8. The van der Waals surface area contributed by atoms with Crippen molar-refractivity contribution in [3.05, 3.63) is 65.8 Å². The van der Waals surface area contributed by atoms with Crippen molar-refractivity contribution in [1.29, 1.82) is 0 Å². The minimum Gasteiger partial charge on any atom is -0.478 e. The van der Waals surface area contributed by atoms with E-state index in [2.05, 4.69) is 50.5 Å². The molecule has 0 aliphatic carbocycles. The van der Waals surface area contributed by atoms with Crippen LogP contribution in [0.4, 0.5) is 0 Å². The van der Waals surface area contributed by atoms with E-state index in [0.717, 1.165) is 23.8 Å². The zero-order valence-corrected chi connectivity index (χ0v) is 20.7. The van der Waals surface area contributed by atoms with Gasteiger partial charge in [0.2, 0.25) is 0 Å². The van der Waals surface area contributed by atoms with Crippen LogP contribution < -0.4 is 5.32 Å². The third-order valence-corrected chi connectivity index (χ3v) is 4.61. The lowest BCUT2D eigenvalue weighted by atomic mass is 10.1. The van der Waals surface area contributed by atoms with Crippen molar-refractivity contribution < 1.29 is 14.7 Å². The van der Waals surface area contributed by atoms with Crippen LogP contribution in [-0.4, -0.2) is 50.1 Å². The molecule has 2 aromatic rings. The van der Waals surface area contributed by atoms with Crippen LogP contribution in [-0.2, 0) is 0 Å². The number of carbonyl (C=O) groups is 2. The highest BCUT2D eigenvalue weighted by molar-refractivity contribution is 14.1. The molecule has 2 rings (SSSR count). The van der Waals surface area contributed by atoms with Crippen LogP contribution in [0.25, 0.3) is 0 Å². The monoisotopic (exact) mass is 596 g/mol. The van der Waals surface area contributed by atoms with Crippen molar-refractivity contribution in [2.24, 2.45) is 0 Å². The third kappa shape index (κ3) is 9.52. The fraction of sp³-hybridized carbons (Fsp3) is 0.300. The molecule has 0 radical (unpaired) electrons. The average Bonchev–Trinajstić information content (AvgIpc) is 2.59. The van der Waals surface area contributed by atoms with Crippen LogP contribution in [0.1, 0.15) is 31.8 Å². The van der Waals surface area contributed by atoms with Gasteiger partial charge in [-0.25, -0.2) is 4.79 Å². The Labute approximate surface area is 188 Å². The van der Waals surface area contributed by atoms with Gasteiger partial charge >= 0.3 is 5.97 Å². The van der Waals surface area contributed by atoms with E-state index >= 15 is 0 Å². The molecule has 27 heavy (non-hydrogen) atoms. The van der Waals surface area contributed by atoms with Gasteiger partial charge < -0.3 is 15.3 Å². The summed E-state index contributed by atoms with van der Waals surface area (Å²) in [5.41, 5.74) is 3.01. The predicted octanol–water partition coefficient (Wildman–Crippen LogP) is 4.43. The third-order valence-electron chi connectivity index (χ3n) is 3.27. The molecule has 0 saturated heterocycles. The second kappa shape index (κ2) is 13.1. The molecule has 0 saturated carbocycles. The number of carbonyl (C=O) groups excluding carboxylic acids is 1. The Balaban J connectivity index is 0.000000442. The van der Waals surface area contributed by atoms with E-state index in [1.165, 1.54) is 0 Å². The summed E-state index contributed by atoms with van der Waals surface area (Å²) in [5, 5.41) is 11.4. The molecule has 148 valence electrons. The summed E-state index contributed by atoms with van der Waals surface area (Å²) in [6.45, 7) is 3.74. The summed E-state index contributed by atoms with van der Waals surface area (Å²) in [7, 11) is 7.28. The first-order chi connectivity index (χ1) is 12.5. The maximum absolute atomic E-state index is 11.6. The number of benzene rings is 2. The van der Waals surface area contributed by atoms with Gasteiger partial charge in [0.15, 0.2) is 0 Å². The molecule has 0 atom stereocenters. The van der Waals surface area contributed by atoms with Gasteiger partial charge in [-0.05, 0) is 109 Å². The molecule has 7 heteroatoms. The number of carboxylic acids is 1. The quantitative estimate of drug-likeness (QED) is 0.504. The molecule has 0 unspecified atom stereocenters. The number of aryl methyl sites for hydroxylation is 2.